The molecule has 0 atom stereocenters. The number of nitrogens with zero attached hydrogens (tertiary/aromatic N) is 2. The third-order valence-corrected chi connectivity index (χ3v) is 11.4. The second kappa shape index (κ2) is 12.5. The summed E-state index contributed by atoms with van der Waals surface area (Å²) in [6.45, 7) is 0.117. The molecule has 2 nitrogen and oxygen atoms in total. The van der Waals surface area contributed by atoms with Gasteiger partial charge >= 0.3 is 0 Å². The number of anilines is 6. The molecule has 0 aromatic heterocycles. The van der Waals surface area contributed by atoms with Crippen LogP contribution in [0.1, 0.15) is 43.6 Å². The maximum atomic E-state index is 2.58. The molecular formula is C48H39BN2. The predicted octanol–water partition coefficient (Wildman–Crippen LogP) is 11.2. The molecule has 51 heavy (non-hydrogen) atoms. The summed E-state index contributed by atoms with van der Waals surface area (Å²) in [5, 5.41) is 0. The van der Waals surface area contributed by atoms with Gasteiger partial charge in [0.15, 0.2) is 0 Å². The SMILES string of the molecule is c1ccc(-c2ccc(N3c4cc(-c5ccccc5)ccc4B4c5ccccc5N(c5ccccc5)c5cc(C6CCCCC6)cc3c54)cc2)cc1. The Hall–Kier alpha value is -5.80. The number of hydrogen-bond acceptors (Lipinski definition) is 2. The Morgan fingerprint density at radius 3 is 1.59 bits per heavy atom. The van der Waals surface area contributed by atoms with Crippen molar-refractivity contribution in [3.8, 4) is 22.3 Å². The second-order valence-corrected chi connectivity index (χ2v) is 14.4. The van der Waals surface area contributed by atoms with Gasteiger partial charge in [0, 0.05) is 34.1 Å². The topological polar surface area (TPSA) is 6.48 Å². The number of benzene rings is 7. The summed E-state index contributed by atoms with van der Waals surface area (Å²) in [6, 6.07) is 63.2. The number of para-hydroxylation sites is 2. The highest BCUT2D eigenvalue weighted by atomic mass is 15.2. The summed E-state index contributed by atoms with van der Waals surface area (Å²) in [4.78, 5) is 5.12. The molecular weight excluding hydrogens is 615 g/mol. The largest absolute Gasteiger partial charge is 0.311 e. The van der Waals surface area contributed by atoms with Crippen LogP contribution in [0.3, 0.4) is 0 Å². The van der Waals surface area contributed by atoms with Crippen molar-refractivity contribution in [1.82, 2.24) is 0 Å². The number of rotatable bonds is 5. The predicted molar refractivity (Wildman–Crippen MR) is 217 cm³/mol. The fourth-order valence-corrected chi connectivity index (χ4v) is 9.01. The van der Waals surface area contributed by atoms with Crippen LogP contribution in [0.4, 0.5) is 34.1 Å². The first kappa shape index (κ1) is 30.1. The molecule has 7 aromatic rings. The molecule has 1 fully saturated rings. The molecule has 10 rings (SSSR count). The molecule has 1 saturated carbocycles. The van der Waals surface area contributed by atoms with E-state index in [4.69, 9.17) is 0 Å². The van der Waals surface area contributed by atoms with Crippen LogP contribution in [0.25, 0.3) is 22.3 Å². The summed E-state index contributed by atoms with van der Waals surface area (Å²) in [7, 11) is 0. The van der Waals surface area contributed by atoms with Crippen LogP contribution in [0, 0.1) is 0 Å². The van der Waals surface area contributed by atoms with Crippen LogP contribution in [0.2, 0.25) is 0 Å². The average Bonchev–Trinajstić information content (AvgIpc) is 3.22. The molecule has 3 heteroatoms. The van der Waals surface area contributed by atoms with E-state index < -0.39 is 0 Å². The lowest BCUT2D eigenvalue weighted by molar-refractivity contribution is 0.444. The van der Waals surface area contributed by atoms with Gasteiger partial charge in [0.25, 0.3) is 6.71 Å². The van der Waals surface area contributed by atoms with Gasteiger partial charge in [0.05, 0.1) is 0 Å². The van der Waals surface area contributed by atoms with Gasteiger partial charge in [-0.3, -0.25) is 0 Å². The van der Waals surface area contributed by atoms with E-state index >= 15 is 0 Å². The second-order valence-electron chi connectivity index (χ2n) is 14.4. The van der Waals surface area contributed by atoms with Crippen LogP contribution in [-0.4, -0.2) is 6.71 Å². The lowest BCUT2D eigenvalue weighted by Crippen LogP contribution is -2.61. The highest BCUT2D eigenvalue weighted by molar-refractivity contribution is 7.00. The highest BCUT2D eigenvalue weighted by Crippen LogP contribution is 2.47. The van der Waals surface area contributed by atoms with Crippen LogP contribution in [0.15, 0.2) is 170 Å². The highest BCUT2D eigenvalue weighted by Gasteiger charge is 2.43. The Morgan fingerprint density at radius 1 is 0.392 bits per heavy atom. The third kappa shape index (κ3) is 5.10. The Bertz CT molecular complexity index is 2350. The van der Waals surface area contributed by atoms with Crippen molar-refractivity contribution in [3.05, 3.63) is 175 Å². The molecule has 2 heterocycles. The zero-order valence-electron chi connectivity index (χ0n) is 28.8. The lowest BCUT2D eigenvalue weighted by atomic mass is 9.33. The van der Waals surface area contributed by atoms with Crippen molar-refractivity contribution >= 4 is 57.2 Å². The lowest BCUT2D eigenvalue weighted by Gasteiger charge is -2.45. The normalized spacial score (nSPS) is 14.9. The quantitative estimate of drug-likeness (QED) is 0.170. The van der Waals surface area contributed by atoms with Crippen LogP contribution >= 0.6 is 0 Å². The van der Waals surface area contributed by atoms with Gasteiger partial charge in [-0.15, -0.1) is 0 Å². The minimum Gasteiger partial charge on any atom is -0.311 e. The van der Waals surface area contributed by atoms with E-state index in [-0.39, 0.29) is 6.71 Å². The van der Waals surface area contributed by atoms with E-state index in [1.165, 1.54) is 110 Å². The van der Waals surface area contributed by atoms with Crippen molar-refractivity contribution in [1.29, 1.82) is 0 Å². The van der Waals surface area contributed by atoms with E-state index in [0.717, 1.165) is 0 Å². The Kier molecular flexibility index (Phi) is 7.38. The van der Waals surface area contributed by atoms with E-state index in [2.05, 4.69) is 180 Å². The Labute approximate surface area is 301 Å². The van der Waals surface area contributed by atoms with Crippen LogP contribution in [0.5, 0.6) is 0 Å². The van der Waals surface area contributed by atoms with Crippen molar-refractivity contribution < 1.29 is 0 Å². The van der Waals surface area contributed by atoms with Crippen molar-refractivity contribution in [2.24, 2.45) is 0 Å². The minimum atomic E-state index is 0.117. The van der Waals surface area contributed by atoms with Crippen LogP contribution in [-0.2, 0) is 0 Å². The molecule has 0 saturated heterocycles. The molecule has 0 spiro atoms. The first-order valence-electron chi connectivity index (χ1n) is 18.6. The standard InChI is InChI=1S/C48H39BN2/c1-5-15-34(16-6-1)37-25-28-41(29-26-37)51-45-31-38(35-17-7-2-8-18-35)27-30-43(45)49-42-23-13-14-24-44(42)50(40-21-11-4-12-22-40)46-32-39(33-47(51)48(46)49)36-19-9-3-10-20-36/h1-2,4-8,11-18,21-33,36H,3,9-10,19-20H2. The molecule has 244 valence electrons. The van der Waals surface area contributed by atoms with Crippen molar-refractivity contribution in [2.45, 2.75) is 38.0 Å². The third-order valence-electron chi connectivity index (χ3n) is 11.4. The first-order valence-corrected chi connectivity index (χ1v) is 18.6. The van der Waals surface area contributed by atoms with E-state index in [9.17, 15) is 0 Å². The zero-order chi connectivity index (χ0) is 33.7. The van der Waals surface area contributed by atoms with E-state index in [0.29, 0.717) is 5.92 Å². The van der Waals surface area contributed by atoms with Gasteiger partial charge in [-0.25, -0.2) is 0 Å². The van der Waals surface area contributed by atoms with E-state index in [1.807, 2.05) is 0 Å². The maximum absolute atomic E-state index is 2.58. The number of fused-ring (bicyclic) bond motifs is 4. The zero-order valence-corrected chi connectivity index (χ0v) is 28.8. The molecule has 0 amide bonds. The molecule has 0 unspecified atom stereocenters. The molecule has 2 aliphatic heterocycles. The summed E-state index contributed by atoms with van der Waals surface area (Å²) in [5.41, 5.74) is 18.0. The van der Waals surface area contributed by atoms with E-state index in [1.54, 1.807) is 0 Å². The average molecular weight is 655 g/mol. The van der Waals surface area contributed by atoms with Gasteiger partial charge in [0.2, 0.25) is 0 Å². The summed E-state index contributed by atoms with van der Waals surface area (Å²) in [6.07, 6.45) is 6.46. The van der Waals surface area contributed by atoms with Crippen molar-refractivity contribution in [2.75, 3.05) is 9.80 Å². The van der Waals surface area contributed by atoms with Gasteiger partial charge < -0.3 is 9.80 Å². The molecule has 7 aromatic carbocycles. The smallest absolute Gasteiger partial charge is 0.252 e. The minimum absolute atomic E-state index is 0.117. The van der Waals surface area contributed by atoms with Crippen molar-refractivity contribution in [3.63, 3.8) is 0 Å². The summed E-state index contributed by atoms with van der Waals surface area (Å²) >= 11 is 0. The van der Waals surface area contributed by atoms with Gasteiger partial charge in [-0.2, -0.15) is 0 Å². The molecule has 0 radical (unpaired) electrons. The van der Waals surface area contributed by atoms with Gasteiger partial charge in [0.1, 0.15) is 0 Å². The Balaban J connectivity index is 1.26. The maximum Gasteiger partial charge on any atom is 0.252 e. The summed E-state index contributed by atoms with van der Waals surface area (Å²) in [5.74, 6) is 0.563. The fraction of sp³-hybridized carbons (Fsp3) is 0.125. The first-order chi connectivity index (χ1) is 25.3. The fourth-order valence-electron chi connectivity index (χ4n) is 9.01. The van der Waals surface area contributed by atoms with Gasteiger partial charge in [-0.1, -0.05) is 141 Å². The summed E-state index contributed by atoms with van der Waals surface area (Å²) < 4.78 is 0. The molecule has 1 aliphatic carbocycles. The van der Waals surface area contributed by atoms with Gasteiger partial charge in [-0.05, 0) is 111 Å². The molecule has 0 N–H and O–H groups in total. The van der Waals surface area contributed by atoms with Crippen LogP contribution < -0.4 is 26.2 Å². The molecule has 3 aliphatic rings. The number of hydrogen-bond donors (Lipinski definition) is 0. The monoisotopic (exact) mass is 654 g/mol. The molecule has 0 bridgehead atoms. The Morgan fingerprint density at radius 2 is 0.902 bits per heavy atom.